The molecule has 3 aromatic carbocycles. The Hall–Kier alpha value is -2.28. The third kappa shape index (κ3) is 3.48. The number of benzene rings is 3. The zero-order chi connectivity index (χ0) is 16.1. The van der Waals surface area contributed by atoms with Crippen molar-refractivity contribution in [1.29, 1.82) is 0 Å². The summed E-state index contributed by atoms with van der Waals surface area (Å²) in [4.78, 5) is 2.24. The lowest BCUT2D eigenvalue weighted by Crippen LogP contribution is -2.09. The number of hydrogen-bond donors (Lipinski definition) is 0. The summed E-state index contributed by atoms with van der Waals surface area (Å²) in [6.07, 6.45) is 0. The van der Waals surface area contributed by atoms with Crippen molar-refractivity contribution in [2.45, 2.75) is 27.7 Å². The van der Waals surface area contributed by atoms with Crippen molar-refractivity contribution in [2.75, 3.05) is 11.9 Å². The molecule has 0 saturated carbocycles. The average molecular weight is 291 g/mol. The number of rotatable bonds is 2. The highest BCUT2D eigenvalue weighted by molar-refractivity contribution is 5.86. The van der Waals surface area contributed by atoms with Crippen LogP contribution in [0.15, 0.2) is 60.7 Å². The molecule has 0 radical (unpaired) electrons. The summed E-state index contributed by atoms with van der Waals surface area (Å²) in [6.45, 7) is 8.29. The molecular weight excluding hydrogens is 266 g/mol. The SMILES string of the molecule is CC.Cc1cc(C)cc(N(C)c2ccc3ccccc3c2)c1. The first kappa shape index (κ1) is 16.1. The molecule has 1 heteroatoms. The van der Waals surface area contributed by atoms with Crippen molar-refractivity contribution in [3.8, 4) is 0 Å². The zero-order valence-corrected chi connectivity index (χ0v) is 14.2. The Morgan fingerprint density at radius 1 is 0.636 bits per heavy atom. The van der Waals surface area contributed by atoms with Gasteiger partial charge in [-0.3, -0.25) is 0 Å². The van der Waals surface area contributed by atoms with Crippen LogP contribution in [0.4, 0.5) is 11.4 Å². The predicted molar refractivity (Wildman–Crippen MR) is 99.3 cm³/mol. The van der Waals surface area contributed by atoms with E-state index in [9.17, 15) is 0 Å². The largest absolute Gasteiger partial charge is 0.345 e. The summed E-state index contributed by atoms with van der Waals surface area (Å²) in [5.41, 5.74) is 5.05. The van der Waals surface area contributed by atoms with Gasteiger partial charge in [0, 0.05) is 18.4 Å². The number of fused-ring (bicyclic) bond motifs is 1. The van der Waals surface area contributed by atoms with E-state index in [1.54, 1.807) is 0 Å². The van der Waals surface area contributed by atoms with Gasteiger partial charge in [0.05, 0.1) is 0 Å². The number of anilines is 2. The van der Waals surface area contributed by atoms with E-state index >= 15 is 0 Å². The van der Waals surface area contributed by atoms with E-state index in [1.165, 1.54) is 33.3 Å². The van der Waals surface area contributed by atoms with Gasteiger partial charge in [-0.25, -0.2) is 0 Å². The fraction of sp³-hybridized carbons (Fsp3) is 0.238. The standard InChI is InChI=1S/C19H19N.C2H6/c1-14-10-15(2)12-19(11-14)20(3)18-9-8-16-6-4-5-7-17(16)13-18;1-2/h4-13H,1-3H3;1-2H3. The van der Waals surface area contributed by atoms with Crippen molar-refractivity contribution in [3.63, 3.8) is 0 Å². The van der Waals surface area contributed by atoms with Gasteiger partial charge >= 0.3 is 0 Å². The first-order valence-corrected chi connectivity index (χ1v) is 7.94. The second kappa shape index (κ2) is 7.13. The molecular formula is C21H25N. The second-order valence-electron chi connectivity index (χ2n) is 5.44. The maximum absolute atomic E-state index is 2.24. The molecule has 0 atom stereocenters. The van der Waals surface area contributed by atoms with E-state index in [0.717, 1.165) is 0 Å². The normalized spacial score (nSPS) is 10.0. The molecule has 0 aromatic heterocycles. The molecule has 3 rings (SSSR count). The lowest BCUT2D eigenvalue weighted by Gasteiger charge is -2.21. The Bertz CT molecular complexity index is 738. The molecule has 0 fully saturated rings. The van der Waals surface area contributed by atoms with Crippen molar-refractivity contribution < 1.29 is 0 Å². The van der Waals surface area contributed by atoms with Crippen LogP contribution in [0.3, 0.4) is 0 Å². The van der Waals surface area contributed by atoms with Crippen LogP contribution in [0.2, 0.25) is 0 Å². The molecule has 0 N–H and O–H groups in total. The van der Waals surface area contributed by atoms with Crippen LogP contribution in [0.5, 0.6) is 0 Å². The quantitative estimate of drug-likeness (QED) is 0.539. The molecule has 0 spiro atoms. The summed E-state index contributed by atoms with van der Waals surface area (Å²) >= 11 is 0. The van der Waals surface area contributed by atoms with Crippen molar-refractivity contribution in [3.05, 3.63) is 71.8 Å². The lowest BCUT2D eigenvalue weighted by atomic mass is 10.1. The maximum atomic E-state index is 2.24. The monoisotopic (exact) mass is 291 g/mol. The second-order valence-corrected chi connectivity index (χ2v) is 5.44. The summed E-state index contributed by atoms with van der Waals surface area (Å²) in [7, 11) is 2.12. The van der Waals surface area contributed by atoms with E-state index in [4.69, 9.17) is 0 Å². The van der Waals surface area contributed by atoms with Crippen LogP contribution >= 0.6 is 0 Å². The van der Waals surface area contributed by atoms with Crippen LogP contribution in [-0.4, -0.2) is 7.05 Å². The van der Waals surface area contributed by atoms with Crippen LogP contribution in [0.1, 0.15) is 25.0 Å². The third-order valence-corrected chi connectivity index (χ3v) is 3.71. The zero-order valence-electron chi connectivity index (χ0n) is 14.2. The predicted octanol–water partition coefficient (Wildman–Crippen LogP) is 6.25. The van der Waals surface area contributed by atoms with Gasteiger partial charge in [0.2, 0.25) is 0 Å². The summed E-state index contributed by atoms with van der Waals surface area (Å²) in [5, 5.41) is 2.56. The van der Waals surface area contributed by atoms with E-state index in [0.29, 0.717) is 0 Å². The molecule has 1 nitrogen and oxygen atoms in total. The van der Waals surface area contributed by atoms with Gasteiger partial charge in [-0.2, -0.15) is 0 Å². The minimum absolute atomic E-state index is 1.22. The highest BCUT2D eigenvalue weighted by Gasteiger charge is 2.06. The minimum atomic E-state index is 1.22. The van der Waals surface area contributed by atoms with E-state index in [2.05, 4.69) is 86.5 Å². The topological polar surface area (TPSA) is 3.24 Å². The molecule has 0 aliphatic carbocycles. The molecule has 0 unspecified atom stereocenters. The van der Waals surface area contributed by atoms with Crippen LogP contribution in [0.25, 0.3) is 10.8 Å². The van der Waals surface area contributed by atoms with Gasteiger partial charge in [0.1, 0.15) is 0 Å². The Labute approximate surface area is 134 Å². The van der Waals surface area contributed by atoms with Crippen molar-refractivity contribution in [1.82, 2.24) is 0 Å². The molecule has 0 aliphatic heterocycles. The van der Waals surface area contributed by atoms with Crippen LogP contribution < -0.4 is 4.90 Å². The Kier molecular flexibility index (Phi) is 5.21. The van der Waals surface area contributed by atoms with E-state index in [-0.39, 0.29) is 0 Å². The van der Waals surface area contributed by atoms with Gasteiger partial charge in [-0.15, -0.1) is 0 Å². The molecule has 0 aliphatic rings. The fourth-order valence-corrected chi connectivity index (χ4v) is 2.68. The minimum Gasteiger partial charge on any atom is -0.345 e. The van der Waals surface area contributed by atoms with E-state index in [1.807, 2.05) is 13.8 Å². The van der Waals surface area contributed by atoms with E-state index < -0.39 is 0 Å². The van der Waals surface area contributed by atoms with Crippen LogP contribution in [-0.2, 0) is 0 Å². The molecule has 3 aromatic rings. The third-order valence-electron chi connectivity index (χ3n) is 3.71. The Balaban J connectivity index is 0.000000847. The van der Waals surface area contributed by atoms with Gasteiger partial charge in [-0.05, 0) is 60.0 Å². The molecule has 0 saturated heterocycles. The maximum Gasteiger partial charge on any atom is 0.0414 e. The van der Waals surface area contributed by atoms with Gasteiger partial charge in [0.15, 0.2) is 0 Å². The van der Waals surface area contributed by atoms with Crippen LogP contribution in [0, 0.1) is 13.8 Å². The summed E-state index contributed by atoms with van der Waals surface area (Å²) in [5.74, 6) is 0. The van der Waals surface area contributed by atoms with Gasteiger partial charge in [0.25, 0.3) is 0 Å². The summed E-state index contributed by atoms with van der Waals surface area (Å²) < 4.78 is 0. The van der Waals surface area contributed by atoms with Gasteiger partial charge < -0.3 is 4.90 Å². The highest BCUT2D eigenvalue weighted by atomic mass is 15.1. The average Bonchev–Trinajstić information content (AvgIpc) is 2.54. The van der Waals surface area contributed by atoms with Gasteiger partial charge in [-0.1, -0.05) is 50.2 Å². The number of nitrogens with zero attached hydrogens (tertiary/aromatic N) is 1. The Morgan fingerprint density at radius 2 is 1.23 bits per heavy atom. The molecule has 0 heterocycles. The lowest BCUT2D eigenvalue weighted by molar-refractivity contribution is 1.19. The number of hydrogen-bond acceptors (Lipinski definition) is 1. The molecule has 0 bridgehead atoms. The summed E-state index contributed by atoms with van der Waals surface area (Å²) in [6, 6.07) is 21.7. The fourth-order valence-electron chi connectivity index (χ4n) is 2.68. The van der Waals surface area contributed by atoms with Crippen molar-refractivity contribution >= 4 is 22.1 Å². The Morgan fingerprint density at radius 3 is 1.86 bits per heavy atom. The van der Waals surface area contributed by atoms with Crippen molar-refractivity contribution in [2.24, 2.45) is 0 Å². The first-order chi connectivity index (χ1) is 10.6. The first-order valence-electron chi connectivity index (χ1n) is 7.94. The molecule has 22 heavy (non-hydrogen) atoms. The number of aryl methyl sites for hydroxylation is 2. The smallest absolute Gasteiger partial charge is 0.0414 e. The molecule has 0 amide bonds. The highest BCUT2D eigenvalue weighted by Crippen LogP contribution is 2.28. The molecule has 114 valence electrons.